The van der Waals surface area contributed by atoms with Gasteiger partial charge in [-0.2, -0.15) is 0 Å². The highest BCUT2D eigenvalue weighted by atomic mass is 32.1. The summed E-state index contributed by atoms with van der Waals surface area (Å²) in [6.07, 6.45) is 1.53. The molecule has 4 rings (SSSR count). The van der Waals surface area contributed by atoms with Gasteiger partial charge in [0.1, 0.15) is 22.5 Å². The third kappa shape index (κ3) is 2.53. The van der Waals surface area contributed by atoms with E-state index in [0.717, 1.165) is 39.4 Å². The monoisotopic (exact) mass is 339 g/mol. The topological polar surface area (TPSA) is 66.3 Å². The van der Waals surface area contributed by atoms with Crippen LogP contribution in [0.15, 0.2) is 36.4 Å². The summed E-state index contributed by atoms with van der Waals surface area (Å²) in [6, 6.07) is 11.7. The molecule has 1 fully saturated rings. The lowest BCUT2D eigenvalue weighted by molar-refractivity contribution is -0.138. The van der Waals surface area contributed by atoms with Crippen LogP contribution in [0.25, 0.3) is 20.7 Å². The summed E-state index contributed by atoms with van der Waals surface area (Å²) >= 11 is 1.62. The Hall–Kier alpha value is -2.47. The van der Waals surface area contributed by atoms with Gasteiger partial charge in [-0.3, -0.25) is 0 Å². The molecule has 24 heavy (non-hydrogen) atoms. The van der Waals surface area contributed by atoms with E-state index in [1.165, 1.54) is 0 Å². The molecule has 1 saturated heterocycles. The fourth-order valence-corrected chi connectivity index (χ4v) is 4.33. The van der Waals surface area contributed by atoms with Gasteiger partial charge in [-0.15, -0.1) is 11.3 Å². The lowest BCUT2D eigenvalue weighted by Gasteiger charge is -2.23. The molecule has 2 aromatic heterocycles. The predicted octanol–water partition coefficient (Wildman–Crippen LogP) is 3.72. The molecule has 1 N–H and O–H groups in total. The highest BCUT2D eigenvalue weighted by molar-refractivity contribution is 7.21. The van der Waals surface area contributed by atoms with Gasteiger partial charge in [0, 0.05) is 11.4 Å². The first-order valence-electron chi connectivity index (χ1n) is 7.96. The third-order valence-electron chi connectivity index (χ3n) is 4.35. The predicted molar refractivity (Wildman–Crippen MR) is 95.6 cm³/mol. The average Bonchev–Trinajstić information content (AvgIpc) is 3.21. The second kappa shape index (κ2) is 5.87. The number of rotatable bonds is 3. The highest BCUT2D eigenvalue weighted by Crippen LogP contribution is 2.38. The Morgan fingerprint density at radius 3 is 2.83 bits per heavy atom. The first-order valence-corrected chi connectivity index (χ1v) is 8.78. The molecule has 6 heteroatoms. The quantitative estimate of drug-likeness (QED) is 0.788. The maximum Gasteiger partial charge on any atom is 0.326 e. The van der Waals surface area contributed by atoms with E-state index >= 15 is 0 Å². The van der Waals surface area contributed by atoms with Crippen LogP contribution in [0.1, 0.15) is 18.7 Å². The number of thiophene rings is 1. The van der Waals surface area contributed by atoms with E-state index in [1.54, 1.807) is 11.3 Å². The molecule has 0 radical (unpaired) electrons. The van der Waals surface area contributed by atoms with Crippen LogP contribution in [0.5, 0.6) is 0 Å². The molecular weight excluding hydrogens is 322 g/mol. The zero-order valence-electron chi connectivity index (χ0n) is 13.3. The summed E-state index contributed by atoms with van der Waals surface area (Å²) in [5.41, 5.74) is 1.14. The molecule has 0 aliphatic carbocycles. The maximum absolute atomic E-state index is 11.6. The van der Waals surface area contributed by atoms with E-state index < -0.39 is 12.0 Å². The first kappa shape index (κ1) is 15.1. The average molecular weight is 339 g/mol. The molecule has 0 bridgehead atoms. The van der Waals surface area contributed by atoms with Crippen LogP contribution in [-0.2, 0) is 4.79 Å². The Balaban J connectivity index is 1.86. The third-order valence-corrected chi connectivity index (χ3v) is 5.43. The summed E-state index contributed by atoms with van der Waals surface area (Å²) in [6.45, 7) is 2.58. The minimum atomic E-state index is -0.782. The molecule has 1 aliphatic rings. The molecule has 0 unspecified atom stereocenters. The van der Waals surface area contributed by atoms with Crippen LogP contribution >= 0.6 is 11.3 Å². The number of carbonyl (C=O) groups is 1. The van der Waals surface area contributed by atoms with Crippen LogP contribution in [-0.4, -0.2) is 33.6 Å². The van der Waals surface area contributed by atoms with Crippen molar-refractivity contribution in [2.24, 2.45) is 0 Å². The number of aliphatic carboxylic acids is 1. The van der Waals surface area contributed by atoms with Crippen molar-refractivity contribution >= 4 is 33.3 Å². The number of hydrogen-bond acceptors (Lipinski definition) is 5. The van der Waals surface area contributed by atoms with E-state index in [4.69, 9.17) is 0 Å². The summed E-state index contributed by atoms with van der Waals surface area (Å²) in [4.78, 5) is 24.6. The summed E-state index contributed by atoms with van der Waals surface area (Å²) in [5, 5.41) is 10.4. The van der Waals surface area contributed by atoms with Crippen molar-refractivity contribution in [2.75, 3.05) is 11.4 Å². The normalized spacial score (nSPS) is 17.5. The minimum absolute atomic E-state index is 0.498. The number of benzene rings is 1. The van der Waals surface area contributed by atoms with Gasteiger partial charge < -0.3 is 10.0 Å². The minimum Gasteiger partial charge on any atom is -0.480 e. The largest absolute Gasteiger partial charge is 0.480 e. The van der Waals surface area contributed by atoms with Gasteiger partial charge in [-0.1, -0.05) is 30.3 Å². The number of carboxylic acid groups (broad SMARTS) is 1. The van der Waals surface area contributed by atoms with Crippen molar-refractivity contribution in [3.05, 3.63) is 42.2 Å². The molecule has 5 nitrogen and oxygen atoms in total. The molecule has 0 amide bonds. The van der Waals surface area contributed by atoms with Crippen LogP contribution in [0, 0.1) is 6.92 Å². The fraction of sp³-hybridized carbons (Fsp3) is 0.278. The molecule has 122 valence electrons. The molecule has 3 heterocycles. The Labute approximate surface area is 143 Å². The van der Waals surface area contributed by atoms with Crippen molar-refractivity contribution in [3.8, 4) is 10.4 Å². The Bertz CT molecular complexity index is 907. The second-order valence-electron chi connectivity index (χ2n) is 5.98. The van der Waals surface area contributed by atoms with Gasteiger partial charge in [-0.05, 0) is 31.4 Å². The smallest absolute Gasteiger partial charge is 0.326 e. The van der Waals surface area contributed by atoms with Gasteiger partial charge in [0.25, 0.3) is 0 Å². The van der Waals surface area contributed by atoms with Crippen molar-refractivity contribution in [1.82, 2.24) is 9.97 Å². The summed E-state index contributed by atoms with van der Waals surface area (Å²) in [7, 11) is 0. The number of anilines is 1. The Morgan fingerprint density at radius 2 is 2.08 bits per heavy atom. The lowest BCUT2D eigenvalue weighted by Crippen LogP contribution is -2.36. The van der Waals surface area contributed by atoms with Crippen molar-refractivity contribution in [1.29, 1.82) is 0 Å². The van der Waals surface area contributed by atoms with Gasteiger partial charge in [0.15, 0.2) is 0 Å². The van der Waals surface area contributed by atoms with Crippen molar-refractivity contribution < 1.29 is 9.90 Å². The van der Waals surface area contributed by atoms with Crippen molar-refractivity contribution in [3.63, 3.8) is 0 Å². The molecule has 0 saturated carbocycles. The maximum atomic E-state index is 11.6. The standard InChI is InChI=1S/C18H17N3O2S/c1-11-19-16(21-9-5-8-14(21)18(22)23)13-10-15(24-17(13)20-11)12-6-3-2-4-7-12/h2-4,6-7,10,14H,5,8-9H2,1H3,(H,22,23)/t14-/m0/s1. The van der Waals surface area contributed by atoms with E-state index in [9.17, 15) is 9.90 Å². The van der Waals surface area contributed by atoms with E-state index in [1.807, 2.05) is 30.0 Å². The molecule has 1 aliphatic heterocycles. The number of nitrogens with zero attached hydrogens (tertiary/aromatic N) is 3. The Kier molecular flexibility index (Phi) is 3.69. The number of aromatic nitrogens is 2. The van der Waals surface area contributed by atoms with Gasteiger partial charge in [-0.25, -0.2) is 14.8 Å². The van der Waals surface area contributed by atoms with Gasteiger partial charge in [0.2, 0.25) is 0 Å². The number of hydrogen-bond donors (Lipinski definition) is 1. The number of fused-ring (bicyclic) bond motifs is 1. The second-order valence-corrected chi connectivity index (χ2v) is 7.01. The van der Waals surface area contributed by atoms with E-state index in [0.29, 0.717) is 12.2 Å². The lowest BCUT2D eigenvalue weighted by atomic mass is 10.2. The molecular formula is C18H17N3O2S. The molecule has 1 aromatic carbocycles. The summed E-state index contributed by atoms with van der Waals surface area (Å²) < 4.78 is 0. The fourth-order valence-electron chi connectivity index (χ4n) is 3.25. The number of aryl methyl sites for hydroxylation is 1. The van der Waals surface area contributed by atoms with Crippen LogP contribution in [0.3, 0.4) is 0 Å². The zero-order chi connectivity index (χ0) is 16.7. The number of carboxylic acids is 1. The molecule has 1 atom stereocenters. The summed E-state index contributed by atoms with van der Waals surface area (Å²) in [5.74, 6) is 0.645. The molecule has 3 aromatic rings. The Morgan fingerprint density at radius 1 is 1.29 bits per heavy atom. The molecule has 0 spiro atoms. The van der Waals surface area contributed by atoms with Crippen LogP contribution in [0.2, 0.25) is 0 Å². The van der Waals surface area contributed by atoms with Gasteiger partial charge >= 0.3 is 5.97 Å². The van der Waals surface area contributed by atoms with E-state index in [-0.39, 0.29) is 0 Å². The first-order chi connectivity index (χ1) is 11.6. The van der Waals surface area contributed by atoms with Gasteiger partial charge in [0.05, 0.1) is 5.39 Å². The van der Waals surface area contributed by atoms with Crippen LogP contribution < -0.4 is 4.90 Å². The SMILES string of the molecule is Cc1nc(N2CCC[C@H]2C(=O)O)c2cc(-c3ccccc3)sc2n1. The highest BCUT2D eigenvalue weighted by Gasteiger charge is 2.33. The van der Waals surface area contributed by atoms with E-state index in [2.05, 4.69) is 28.2 Å². The van der Waals surface area contributed by atoms with Crippen LogP contribution in [0.4, 0.5) is 5.82 Å². The zero-order valence-corrected chi connectivity index (χ0v) is 14.1. The van der Waals surface area contributed by atoms with Crippen molar-refractivity contribution in [2.45, 2.75) is 25.8 Å².